The molecule has 6 nitrogen and oxygen atoms in total. The van der Waals surface area contributed by atoms with Crippen molar-refractivity contribution in [2.45, 2.75) is 18.9 Å². The lowest BCUT2D eigenvalue weighted by atomic mass is 10.0. The van der Waals surface area contributed by atoms with Crippen LogP contribution in [0.1, 0.15) is 12.8 Å². The zero-order chi connectivity index (χ0) is 26.3. The van der Waals surface area contributed by atoms with Gasteiger partial charge in [-0.15, -0.1) is 0 Å². The predicted octanol–water partition coefficient (Wildman–Crippen LogP) is 6.03. The number of pyridine rings is 1. The second-order valence-electron chi connectivity index (χ2n) is 10.3. The Labute approximate surface area is 216 Å². The Morgan fingerprint density at radius 3 is 2.38 bits per heavy atom. The lowest BCUT2D eigenvalue weighted by Gasteiger charge is -2.36. The highest BCUT2D eigenvalue weighted by Crippen LogP contribution is 2.41. The molecule has 0 unspecified atom stereocenters. The third kappa shape index (κ3) is 5.13. The van der Waals surface area contributed by atoms with E-state index in [1.165, 1.54) is 25.1 Å². The van der Waals surface area contributed by atoms with Gasteiger partial charge in [-0.1, -0.05) is 12.1 Å². The van der Waals surface area contributed by atoms with Crippen LogP contribution in [-0.4, -0.2) is 61.4 Å². The summed E-state index contributed by atoms with van der Waals surface area (Å²) in [6, 6.07) is 15.4. The first-order chi connectivity index (χ1) is 17.6. The predicted molar refractivity (Wildman–Crippen MR) is 149 cm³/mol. The number of rotatable bonds is 6. The van der Waals surface area contributed by atoms with E-state index in [0.29, 0.717) is 17.4 Å². The average molecular weight is 524 g/mol. The van der Waals surface area contributed by atoms with E-state index in [0.717, 1.165) is 48.6 Å². The fraction of sp³-hybridized carbons (Fsp3) is 0.321. The lowest BCUT2D eigenvalue weighted by Crippen LogP contribution is -2.41. The van der Waals surface area contributed by atoms with Gasteiger partial charge in [-0.2, -0.15) is 0 Å². The molecule has 3 heterocycles. The number of piperidine rings is 1. The Morgan fingerprint density at radius 1 is 1.03 bits per heavy atom. The van der Waals surface area contributed by atoms with E-state index >= 15 is 0 Å². The summed E-state index contributed by atoms with van der Waals surface area (Å²) >= 11 is 0. The topological polar surface area (TPSA) is 64.3 Å². The molecule has 1 saturated heterocycles. The van der Waals surface area contributed by atoms with Gasteiger partial charge in [-0.3, -0.25) is 0 Å². The van der Waals surface area contributed by atoms with Crippen molar-refractivity contribution in [3.8, 4) is 11.3 Å². The maximum Gasteiger partial charge on any atom is 0.171 e. The minimum atomic E-state index is -3.09. The van der Waals surface area contributed by atoms with Crippen LogP contribution in [0.4, 0.5) is 25.8 Å². The number of aromatic amines is 1. The molecule has 5 rings (SSSR count). The first-order valence-corrected chi connectivity index (χ1v) is 15.0. The molecule has 0 bridgehead atoms. The number of hydrogen-bond acceptors (Lipinski definition) is 5. The average Bonchev–Trinajstić information content (AvgIpc) is 3.31. The number of aromatic nitrogens is 2. The van der Waals surface area contributed by atoms with Crippen LogP contribution in [0.3, 0.4) is 0 Å². The summed E-state index contributed by atoms with van der Waals surface area (Å²) in [5, 5.41) is 3.84. The third-order valence-corrected chi connectivity index (χ3v) is 8.66. The van der Waals surface area contributed by atoms with Crippen molar-refractivity contribution in [2.75, 3.05) is 50.7 Å². The van der Waals surface area contributed by atoms with Crippen LogP contribution in [-0.2, 0) is 4.57 Å². The Morgan fingerprint density at radius 2 is 1.73 bits per heavy atom. The molecule has 1 fully saturated rings. The third-order valence-electron chi connectivity index (χ3n) is 7.15. The molecule has 194 valence electrons. The van der Waals surface area contributed by atoms with Gasteiger partial charge in [0.25, 0.3) is 0 Å². The molecule has 2 aromatic heterocycles. The molecule has 1 aliphatic rings. The van der Waals surface area contributed by atoms with Crippen LogP contribution in [0.2, 0.25) is 0 Å². The minimum absolute atomic E-state index is 0.126. The van der Waals surface area contributed by atoms with E-state index in [1.807, 2.05) is 6.07 Å². The smallest absolute Gasteiger partial charge is 0.171 e. The van der Waals surface area contributed by atoms with Crippen LogP contribution >= 0.6 is 7.14 Å². The van der Waals surface area contributed by atoms with Gasteiger partial charge in [0.2, 0.25) is 0 Å². The zero-order valence-electron chi connectivity index (χ0n) is 21.6. The molecular weight excluding hydrogens is 491 g/mol. The van der Waals surface area contributed by atoms with E-state index in [-0.39, 0.29) is 11.0 Å². The molecule has 0 aliphatic carbocycles. The summed E-state index contributed by atoms with van der Waals surface area (Å²) in [5.41, 5.74) is 4.74. The van der Waals surface area contributed by atoms with Gasteiger partial charge in [0.1, 0.15) is 12.8 Å². The molecule has 4 aromatic rings. The van der Waals surface area contributed by atoms with Crippen molar-refractivity contribution in [1.29, 1.82) is 0 Å². The van der Waals surface area contributed by atoms with E-state index < -0.39 is 18.8 Å². The van der Waals surface area contributed by atoms with Crippen molar-refractivity contribution >= 4 is 40.5 Å². The van der Waals surface area contributed by atoms with E-state index in [9.17, 15) is 13.3 Å². The van der Waals surface area contributed by atoms with Gasteiger partial charge in [-0.25, -0.2) is 13.8 Å². The van der Waals surface area contributed by atoms with Crippen LogP contribution in [0.15, 0.2) is 54.7 Å². The number of nitrogens with one attached hydrogen (secondary N) is 2. The summed E-state index contributed by atoms with van der Waals surface area (Å²) in [7, 11) is 1.20. The van der Waals surface area contributed by atoms with Gasteiger partial charge in [0.05, 0.1) is 16.7 Å². The summed E-state index contributed by atoms with van der Waals surface area (Å²) in [6.07, 6.45) is 3.95. The van der Waals surface area contributed by atoms with Gasteiger partial charge in [-0.05, 0) is 82.2 Å². The number of nitrogens with zero attached hydrogens (tertiary/aromatic N) is 3. The Bertz CT molecular complexity index is 1470. The highest BCUT2D eigenvalue weighted by atomic mass is 31.2. The monoisotopic (exact) mass is 523 g/mol. The second kappa shape index (κ2) is 9.92. The van der Waals surface area contributed by atoms with Crippen LogP contribution in [0, 0.1) is 11.6 Å². The van der Waals surface area contributed by atoms with Gasteiger partial charge in [0.15, 0.2) is 11.6 Å². The van der Waals surface area contributed by atoms with Gasteiger partial charge in [0, 0.05) is 42.1 Å². The standard InChI is InChI=1S/C28H32F2N5OP/c1-34(2)19-12-15-35(16-13-19)20-7-5-18(6-8-20)25-17-21-23(11-14-31-28(21)33-25)32-24-10-9-22(29)26(30)27(24)37(3,4)36/h5-11,14,17,19H,12-13,15-16H2,1-4H3,(H2,31,32,33). The first kappa shape index (κ1) is 25.4. The summed E-state index contributed by atoms with van der Waals surface area (Å²) in [4.78, 5) is 12.5. The number of H-pyrrole nitrogens is 1. The number of anilines is 3. The van der Waals surface area contributed by atoms with Crippen molar-refractivity contribution < 1.29 is 13.3 Å². The fourth-order valence-electron chi connectivity index (χ4n) is 5.10. The summed E-state index contributed by atoms with van der Waals surface area (Å²) in [6.45, 7) is 4.95. The zero-order valence-corrected chi connectivity index (χ0v) is 22.4. The number of halogens is 2. The fourth-order valence-corrected chi connectivity index (χ4v) is 6.39. The molecule has 9 heteroatoms. The second-order valence-corrected chi connectivity index (χ2v) is 13.4. The van der Waals surface area contributed by atoms with E-state index in [4.69, 9.17) is 0 Å². The van der Waals surface area contributed by atoms with Gasteiger partial charge >= 0.3 is 0 Å². The van der Waals surface area contributed by atoms with Gasteiger partial charge < -0.3 is 24.7 Å². The number of benzene rings is 2. The SMILES string of the molecule is CN(C)C1CCN(c2ccc(-c3cc4c(Nc5ccc(F)c(F)c5P(C)(C)=O)ccnc4[nH]3)cc2)CC1. The molecule has 2 aromatic carbocycles. The maximum atomic E-state index is 14.6. The quantitative estimate of drug-likeness (QED) is 0.302. The number of fused-ring (bicyclic) bond motifs is 1. The largest absolute Gasteiger partial charge is 0.371 e. The maximum absolute atomic E-state index is 14.6. The van der Waals surface area contributed by atoms with E-state index in [1.54, 1.807) is 12.3 Å². The highest BCUT2D eigenvalue weighted by molar-refractivity contribution is 7.70. The molecular formula is C28H32F2N5OP. The van der Waals surface area contributed by atoms with Crippen molar-refractivity contribution in [3.05, 3.63) is 66.4 Å². The van der Waals surface area contributed by atoms with Crippen LogP contribution < -0.4 is 15.5 Å². The molecule has 37 heavy (non-hydrogen) atoms. The Hall–Kier alpha value is -3.22. The highest BCUT2D eigenvalue weighted by Gasteiger charge is 2.25. The van der Waals surface area contributed by atoms with Crippen LogP contribution in [0.5, 0.6) is 0 Å². The molecule has 0 radical (unpaired) electrons. The molecule has 0 amide bonds. The number of hydrogen-bond donors (Lipinski definition) is 2. The van der Waals surface area contributed by atoms with Crippen molar-refractivity contribution in [1.82, 2.24) is 14.9 Å². The molecule has 0 saturated carbocycles. The lowest BCUT2D eigenvalue weighted by molar-refractivity contribution is 0.249. The summed E-state index contributed by atoms with van der Waals surface area (Å²) < 4.78 is 41.3. The minimum Gasteiger partial charge on any atom is -0.371 e. The Balaban J connectivity index is 1.41. The van der Waals surface area contributed by atoms with Crippen molar-refractivity contribution in [2.24, 2.45) is 0 Å². The van der Waals surface area contributed by atoms with E-state index in [2.05, 4.69) is 63.4 Å². The molecule has 2 N–H and O–H groups in total. The summed E-state index contributed by atoms with van der Waals surface area (Å²) in [5.74, 6) is -2.09. The molecule has 0 atom stereocenters. The van der Waals surface area contributed by atoms with Crippen molar-refractivity contribution in [3.63, 3.8) is 0 Å². The Kier molecular flexibility index (Phi) is 6.82. The first-order valence-electron chi connectivity index (χ1n) is 12.4. The molecule has 1 aliphatic heterocycles. The van der Waals surface area contributed by atoms with Crippen LogP contribution in [0.25, 0.3) is 22.3 Å². The molecule has 0 spiro atoms. The normalized spacial score (nSPS) is 15.1.